The maximum absolute atomic E-state index is 6.12. The number of imidazole rings is 1. The summed E-state index contributed by atoms with van der Waals surface area (Å²) in [6, 6.07) is 43.1. The lowest BCUT2D eigenvalue weighted by Crippen LogP contribution is -2.41. The van der Waals surface area contributed by atoms with E-state index in [1.165, 1.54) is 17.2 Å². The molecule has 1 heterocycles. The highest BCUT2D eigenvalue weighted by Crippen LogP contribution is 2.34. The minimum Gasteiger partial charge on any atom is -0.327 e. The van der Waals surface area contributed by atoms with Gasteiger partial charge in [0.2, 0.25) is 0 Å². The maximum atomic E-state index is 6.12. The van der Waals surface area contributed by atoms with Gasteiger partial charge in [-0.1, -0.05) is 133 Å². The molecule has 0 saturated heterocycles. The molecular weight excluding hydrogens is 463 g/mol. The number of hydrogen-bond donors (Lipinski definition) is 0. The van der Waals surface area contributed by atoms with Crippen LogP contribution in [0.2, 0.25) is 6.04 Å². The Kier molecular flexibility index (Phi) is 9.50. The Balaban J connectivity index is 0.000000195. The average molecular weight is 497 g/mol. The van der Waals surface area contributed by atoms with E-state index >= 15 is 0 Å². The molecule has 2 radical (unpaired) electrons. The smallest absolute Gasteiger partial charge is 0.0953 e. The Morgan fingerprint density at radius 3 is 1.62 bits per heavy atom. The monoisotopic (exact) mass is 496 g/mol. The van der Waals surface area contributed by atoms with Crippen LogP contribution >= 0.6 is 0 Å². The van der Waals surface area contributed by atoms with Gasteiger partial charge in [0.25, 0.3) is 0 Å². The van der Waals surface area contributed by atoms with Gasteiger partial charge in [0.05, 0.1) is 28.9 Å². The highest BCUT2D eigenvalue weighted by Gasteiger charge is 2.35. The lowest BCUT2D eigenvalue weighted by molar-refractivity contribution is 0.590. The molecule has 0 aliphatic carbocycles. The predicted octanol–water partition coefficient (Wildman–Crippen LogP) is 6.74. The second-order valence-corrected chi connectivity index (χ2v) is 11.3. The minimum atomic E-state index is -0.506. The predicted molar refractivity (Wildman–Crippen MR) is 160 cm³/mol. The molecule has 0 saturated carbocycles. The van der Waals surface area contributed by atoms with E-state index in [2.05, 4.69) is 107 Å². The third-order valence-electron chi connectivity index (χ3n) is 6.71. The number of aromatic nitrogens is 2. The molecular formula is C33H33BN2Si. The fourth-order valence-electron chi connectivity index (χ4n) is 4.81. The first-order chi connectivity index (χ1) is 18.3. The van der Waals surface area contributed by atoms with Crippen molar-refractivity contribution in [3.63, 3.8) is 0 Å². The summed E-state index contributed by atoms with van der Waals surface area (Å²) in [5.74, 6) is -0.0163. The third kappa shape index (κ3) is 6.46. The highest BCUT2D eigenvalue weighted by molar-refractivity contribution is 6.41. The first-order valence-corrected chi connectivity index (χ1v) is 14.5. The number of nitrogens with zero attached hydrogens (tertiary/aromatic N) is 2. The third-order valence-corrected chi connectivity index (χ3v) is 9.38. The van der Waals surface area contributed by atoms with Crippen LogP contribution in [0, 0.1) is 0 Å². The Hall–Kier alpha value is -3.89. The quantitative estimate of drug-likeness (QED) is 0.126. The topological polar surface area (TPSA) is 17.8 Å². The van der Waals surface area contributed by atoms with Gasteiger partial charge in [-0.15, -0.1) is 6.58 Å². The van der Waals surface area contributed by atoms with E-state index < -0.39 is 9.52 Å². The molecule has 1 aromatic heterocycles. The van der Waals surface area contributed by atoms with Gasteiger partial charge < -0.3 is 4.57 Å². The van der Waals surface area contributed by atoms with Crippen molar-refractivity contribution in [2.24, 2.45) is 0 Å². The van der Waals surface area contributed by atoms with Crippen molar-refractivity contribution in [1.82, 2.24) is 9.55 Å². The Labute approximate surface area is 225 Å². The molecule has 0 aliphatic heterocycles. The van der Waals surface area contributed by atoms with Gasteiger partial charge in [-0.2, -0.15) is 0 Å². The van der Waals surface area contributed by atoms with Crippen LogP contribution in [0.4, 0.5) is 0 Å². The summed E-state index contributed by atoms with van der Waals surface area (Å²) in [6.07, 6.45) is 9.04. The zero-order chi connectivity index (χ0) is 25.8. The van der Waals surface area contributed by atoms with Gasteiger partial charge in [0, 0.05) is 12.4 Å². The summed E-state index contributed by atoms with van der Waals surface area (Å²) < 4.78 is 2.30. The molecule has 5 aromatic rings. The second kappa shape index (κ2) is 13.4. The molecule has 0 fully saturated rings. The number of benzene rings is 4. The van der Waals surface area contributed by atoms with Gasteiger partial charge in [0.15, 0.2) is 0 Å². The molecule has 0 atom stereocenters. The van der Waals surface area contributed by atoms with Gasteiger partial charge in [-0.25, -0.2) is 4.98 Å². The Bertz CT molecular complexity index is 1230. The number of allylic oxidation sites excluding steroid dienone is 1. The van der Waals surface area contributed by atoms with E-state index in [0.29, 0.717) is 0 Å². The van der Waals surface area contributed by atoms with Crippen molar-refractivity contribution in [3.05, 3.63) is 175 Å². The van der Waals surface area contributed by atoms with Gasteiger partial charge in [0.1, 0.15) is 0 Å². The van der Waals surface area contributed by atoms with Crippen LogP contribution in [0.1, 0.15) is 34.5 Å². The maximum Gasteiger partial charge on any atom is 0.0953 e. The van der Waals surface area contributed by atoms with Crippen LogP contribution in [0.5, 0.6) is 0 Å². The van der Waals surface area contributed by atoms with E-state index in [0.717, 1.165) is 17.5 Å². The largest absolute Gasteiger partial charge is 0.327 e. The van der Waals surface area contributed by atoms with Crippen molar-refractivity contribution in [1.29, 1.82) is 0 Å². The molecule has 0 unspecified atom stereocenters. The lowest BCUT2D eigenvalue weighted by Gasteiger charge is -2.36. The van der Waals surface area contributed by atoms with Crippen LogP contribution in [-0.2, 0) is 5.16 Å². The SMILES string of the molecule is C=CCC[SiH2]C(c1ccccc1)(c1ccccc1)n1ccnc1.[B]C(c1ccccc1)c1ccccc1. The molecule has 5 rings (SSSR count). The molecule has 4 aromatic carbocycles. The van der Waals surface area contributed by atoms with Crippen molar-refractivity contribution in [3.8, 4) is 0 Å². The molecule has 0 amide bonds. The first-order valence-electron chi connectivity index (χ1n) is 12.8. The van der Waals surface area contributed by atoms with E-state index in [-0.39, 0.29) is 11.0 Å². The molecule has 4 heteroatoms. The van der Waals surface area contributed by atoms with Gasteiger partial charge in [-0.05, 0) is 34.5 Å². The van der Waals surface area contributed by atoms with Crippen LogP contribution in [-0.4, -0.2) is 26.9 Å². The zero-order valence-corrected chi connectivity index (χ0v) is 22.6. The average Bonchev–Trinajstić information content (AvgIpc) is 3.53. The summed E-state index contributed by atoms with van der Waals surface area (Å²) in [6.45, 7) is 3.89. The van der Waals surface area contributed by atoms with Crippen molar-refractivity contribution in [2.75, 3.05) is 0 Å². The summed E-state index contributed by atoms with van der Waals surface area (Å²) in [7, 11) is 5.61. The van der Waals surface area contributed by atoms with Crippen LogP contribution < -0.4 is 0 Å². The van der Waals surface area contributed by atoms with Gasteiger partial charge >= 0.3 is 0 Å². The molecule has 0 aliphatic rings. The van der Waals surface area contributed by atoms with Crippen molar-refractivity contribution >= 4 is 17.4 Å². The Morgan fingerprint density at radius 2 is 1.22 bits per heavy atom. The number of hydrogen-bond acceptors (Lipinski definition) is 1. The summed E-state index contributed by atoms with van der Waals surface area (Å²) in [4.78, 5) is 4.33. The van der Waals surface area contributed by atoms with E-state index in [1.54, 1.807) is 0 Å². The summed E-state index contributed by atoms with van der Waals surface area (Å²) in [5.41, 5.74) is 5.00. The van der Waals surface area contributed by atoms with Crippen LogP contribution in [0.15, 0.2) is 153 Å². The van der Waals surface area contributed by atoms with Gasteiger partial charge in [-0.3, -0.25) is 0 Å². The molecule has 0 spiro atoms. The van der Waals surface area contributed by atoms with Crippen LogP contribution in [0.3, 0.4) is 0 Å². The summed E-state index contributed by atoms with van der Waals surface area (Å²) in [5, 5.41) is -0.0952. The fraction of sp³-hybridized carbons (Fsp3) is 0.121. The standard InChI is InChI=1S/C20H22N2Si.C13H11B/c1-2-3-16-23-20(22-15-14-21-17-22,18-10-6-4-7-11-18)19-12-8-5-9-13-19;14-13(11-7-3-1-4-8-11)12-9-5-2-6-10-12/h2,4-15,17H,1,3,16,23H2;1-10,13H. The van der Waals surface area contributed by atoms with Crippen LogP contribution in [0.25, 0.3) is 0 Å². The molecule has 0 N–H and O–H groups in total. The van der Waals surface area contributed by atoms with Crippen molar-refractivity contribution in [2.45, 2.75) is 23.4 Å². The molecule has 37 heavy (non-hydrogen) atoms. The van der Waals surface area contributed by atoms with E-state index in [4.69, 9.17) is 7.85 Å². The minimum absolute atomic E-state index is 0.0163. The fourth-order valence-corrected chi connectivity index (χ4v) is 7.31. The molecule has 2 nitrogen and oxygen atoms in total. The van der Waals surface area contributed by atoms with E-state index in [9.17, 15) is 0 Å². The highest BCUT2D eigenvalue weighted by atomic mass is 28.2. The van der Waals surface area contributed by atoms with Crippen molar-refractivity contribution < 1.29 is 0 Å². The zero-order valence-electron chi connectivity index (χ0n) is 21.2. The number of rotatable bonds is 9. The molecule has 0 bridgehead atoms. The molecule has 182 valence electrons. The van der Waals surface area contributed by atoms with E-state index in [1.807, 2.05) is 55.0 Å². The Morgan fingerprint density at radius 1 is 0.757 bits per heavy atom. The first kappa shape index (κ1) is 26.2. The normalized spacial score (nSPS) is 11.3. The lowest BCUT2D eigenvalue weighted by atomic mass is 9.76. The summed E-state index contributed by atoms with van der Waals surface area (Å²) >= 11 is 0. The second-order valence-electron chi connectivity index (χ2n) is 9.04.